The smallest absolute Gasteiger partial charge is 0.293 e. The van der Waals surface area contributed by atoms with Crippen LogP contribution in [0.2, 0.25) is 0 Å². The molecular weight excluding hydrogens is 488 g/mol. The lowest BCUT2D eigenvalue weighted by Gasteiger charge is -2.14. The summed E-state index contributed by atoms with van der Waals surface area (Å²) in [6.45, 7) is 2.38. The molecular formula is C27H23F2NO5S. The SMILES string of the molecule is CCOc1cc(/C=C2\SC(=O)N(CCOc3ccc(F)cc3)C2=O)ccc1OCc1ccccc1F. The molecule has 9 heteroatoms. The van der Waals surface area contributed by atoms with Crippen molar-refractivity contribution < 1.29 is 32.6 Å². The molecule has 3 aromatic carbocycles. The van der Waals surface area contributed by atoms with Crippen molar-refractivity contribution >= 4 is 29.0 Å². The molecule has 4 rings (SSSR count). The molecule has 0 saturated carbocycles. The Bertz CT molecular complexity index is 1280. The van der Waals surface area contributed by atoms with Crippen LogP contribution in [-0.2, 0) is 11.4 Å². The fourth-order valence-corrected chi connectivity index (χ4v) is 4.27. The van der Waals surface area contributed by atoms with Crippen molar-refractivity contribution in [1.82, 2.24) is 4.90 Å². The molecule has 0 aliphatic carbocycles. The Morgan fingerprint density at radius 1 is 0.917 bits per heavy atom. The van der Waals surface area contributed by atoms with Crippen LogP contribution < -0.4 is 14.2 Å². The number of halogens is 2. The summed E-state index contributed by atoms with van der Waals surface area (Å²) in [5.41, 5.74) is 1.06. The number of thioether (sulfide) groups is 1. The van der Waals surface area contributed by atoms with Gasteiger partial charge >= 0.3 is 0 Å². The molecule has 0 unspecified atom stereocenters. The van der Waals surface area contributed by atoms with Crippen LogP contribution in [0.3, 0.4) is 0 Å². The summed E-state index contributed by atoms with van der Waals surface area (Å²) in [5, 5.41) is -0.399. The van der Waals surface area contributed by atoms with Crippen molar-refractivity contribution in [2.75, 3.05) is 19.8 Å². The summed E-state index contributed by atoms with van der Waals surface area (Å²) in [6, 6.07) is 16.9. The highest BCUT2D eigenvalue weighted by Gasteiger charge is 2.34. The van der Waals surface area contributed by atoms with Gasteiger partial charge in [0.1, 0.15) is 30.6 Å². The molecule has 0 bridgehead atoms. The van der Waals surface area contributed by atoms with Crippen molar-refractivity contribution in [3.8, 4) is 17.2 Å². The summed E-state index contributed by atoms with van der Waals surface area (Å²) >= 11 is 0.837. The van der Waals surface area contributed by atoms with Gasteiger partial charge < -0.3 is 14.2 Å². The first-order chi connectivity index (χ1) is 17.4. The van der Waals surface area contributed by atoms with Crippen LogP contribution in [0.1, 0.15) is 18.1 Å². The first-order valence-corrected chi connectivity index (χ1v) is 12.0. The molecule has 2 amide bonds. The van der Waals surface area contributed by atoms with E-state index in [0.29, 0.717) is 35.0 Å². The van der Waals surface area contributed by atoms with Gasteiger partial charge in [0.15, 0.2) is 11.5 Å². The summed E-state index contributed by atoms with van der Waals surface area (Å²) in [5.74, 6) is 0.157. The minimum atomic E-state index is -0.425. The number of rotatable bonds is 10. The van der Waals surface area contributed by atoms with E-state index in [0.717, 1.165) is 16.7 Å². The fourth-order valence-electron chi connectivity index (χ4n) is 3.40. The van der Waals surface area contributed by atoms with Gasteiger partial charge in [0.05, 0.1) is 18.1 Å². The number of carbonyl (C=O) groups is 2. The molecule has 0 radical (unpaired) electrons. The monoisotopic (exact) mass is 511 g/mol. The Hall–Kier alpha value is -3.85. The minimum Gasteiger partial charge on any atom is -0.492 e. The highest BCUT2D eigenvalue weighted by molar-refractivity contribution is 8.18. The van der Waals surface area contributed by atoms with E-state index in [9.17, 15) is 18.4 Å². The second-order valence-corrected chi connectivity index (χ2v) is 8.65. The van der Waals surface area contributed by atoms with Gasteiger partial charge in [0.2, 0.25) is 0 Å². The van der Waals surface area contributed by atoms with Gasteiger partial charge in [-0.15, -0.1) is 0 Å². The number of nitrogens with zero attached hydrogens (tertiary/aromatic N) is 1. The standard InChI is InChI=1S/C27H23F2NO5S/c1-2-33-24-15-18(7-12-23(24)35-17-19-5-3-4-6-22(19)29)16-25-26(31)30(27(32)36-25)13-14-34-21-10-8-20(28)9-11-21/h3-12,15-16H,2,13-14,17H2,1H3/b25-16-. The van der Waals surface area contributed by atoms with E-state index < -0.39 is 11.1 Å². The molecule has 1 aliphatic rings. The predicted octanol–water partition coefficient (Wildman–Crippen LogP) is 6.06. The van der Waals surface area contributed by atoms with E-state index in [-0.39, 0.29) is 36.3 Å². The summed E-state index contributed by atoms with van der Waals surface area (Å²) in [7, 11) is 0. The molecule has 0 spiro atoms. The molecule has 1 fully saturated rings. The molecule has 1 heterocycles. The molecule has 6 nitrogen and oxygen atoms in total. The number of hydrogen-bond acceptors (Lipinski definition) is 6. The Kier molecular flexibility index (Phi) is 8.22. The summed E-state index contributed by atoms with van der Waals surface area (Å²) < 4.78 is 43.8. The van der Waals surface area contributed by atoms with E-state index in [4.69, 9.17) is 14.2 Å². The summed E-state index contributed by atoms with van der Waals surface area (Å²) in [4.78, 5) is 26.6. The minimum absolute atomic E-state index is 0.0327. The van der Waals surface area contributed by atoms with Crippen LogP contribution >= 0.6 is 11.8 Å². The van der Waals surface area contributed by atoms with Gasteiger partial charge in [-0.1, -0.05) is 24.3 Å². The molecule has 36 heavy (non-hydrogen) atoms. The first kappa shape index (κ1) is 25.2. The van der Waals surface area contributed by atoms with Gasteiger partial charge in [0, 0.05) is 5.56 Å². The Balaban J connectivity index is 1.42. The van der Waals surface area contributed by atoms with Gasteiger partial charge in [0.25, 0.3) is 11.1 Å². The van der Waals surface area contributed by atoms with Crippen molar-refractivity contribution in [3.05, 3.63) is 94.4 Å². The summed E-state index contributed by atoms with van der Waals surface area (Å²) in [6.07, 6.45) is 1.61. The highest BCUT2D eigenvalue weighted by Crippen LogP contribution is 2.35. The lowest BCUT2D eigenvalue weighted by Crippen LogP contribution is -2.32. The normalized spacial score (nSPS) is 14.4. The maximum absolute atomic E-state index is 13.9. The zero-order chi connectivity index (χ0) is 25.5. The largest absolute Gasteiger partial charge is 0.492 e. The second-order valence-electron chi connectivity index (χ2n) is 7.66. The van der Waals surface area contributed by atoms with Crippen LogP contribution in [0.15, 0.2) is 71.6 Å². The van der Waals surface area contributed by atoms with Crippen LogP contribution in [0.5, 0.6) is 17.2 Å². The highest BCUT2D eigenvalue weighted by atomic mass is 32.2. The van der Waals surface area contributed by atoms with Crippen LogP contribution in [-0.4, -0.2) is 35.8 Å². The number of amides is 2. The van der Waals surface area contributed by atoms with E-state index in [2.05, 4.69) is 0 Å². The number of ether oxygens (including phenoxy) is 3. The Labute approximate surface area is 211 Å². The molecule has 0 aromatic heterocycles. The van der Waals surface area contributed by atoms with E-state index in [1.807, 2.05) is 6.92 Å². The number of imide groups is 1. The maximum atomic E-state index is 13.9. The van der Waals surface area contributed by atoms with Gasteiger partial charge in [-0.25, -0.2) is 8.78 Å². The predicted molar refractivity (Wildman–Crippen MR) is 133 cm³/mol. The van der Waals surface area contributed by atoms with Crippen LogP contribution in [0.25, 0.3) is 6.08 Å². The average molecular weight is 512 g/mol. The third-order valence-electron chi connectivity index (χ3n) is 5.18. The van der Waals surface area contributed by atoms with Gasteiger partial charge in [-0.3, -0.25) is 14.5 Å². The number of carbonyl (C=O) groups excluding carboxylic acids is 2. The number of hydrogen-bond donors (Lipinski definition) is 0. The molecule has 3 aromatic rings. The lowest BCUT2D eigenvalue weighted by atomic mass is 10.1. The van der Waals surface area contributed by atoms with Gasteiger partial charge in [-0.2, -0.15) is 0 Å². The van der Waals surface area contributed by atoms with Crippen molar-refractivity contribution in [2.45, 2.75) is 13.5 Å². The number of benzene rings is 3. The van der Waals surface area contributed by atoms with Crippen LogP contribution in [0.4, 0.5) is 13.6 Å². The fraction of sp³-hybridized carbons (Fsp3) is 0.185. The Morgan fingerprint density at radius 2 is 1.69 bits per heavy atom. The lowest BCUT2D eigenvalue weighted by molar-refractivity contribution is -0.123. The molecule has 0 atom stereocenters. The Morgan fingerprint density at radius 3 is 2.44 bits per heavy atom. The average Bonchev–Trinajstić information content (AvgIpc) is 3.13. The van der Waals surface area contributed by atoms with E-state index in [1.54, 1.807) is 42.5 Å². The maximum Gasteiger partial charge on any atom is 0.293 e. The van der Waals surface area contributed by atoms with Crippen LogP contribution in [0, 0.1) is 11.6 Å². The van der Waals surface area contributed by atoms with Gasteiger partial charge in [-0.05, 0) is 72.8 Å². The molecule has 1 saturated heterocycles. The molecule has 0 N–H and O–H groups in total. The first-order valence-electron chi connectivity index (χ1n) is 11.2. The third kappa shape index (κ3) is 6.23. The van der Waals surface area contributed by atoms with Crippen molar-refractivity contribution in [3.63, 3.8) is 0 Å². The molecule has 186 valence electrons. The zero-order valence-corrected chi connectivity index (χ0v) is 20.2. The third-order valence-corrected chi connectivity index (χ3v) is 6.08. The quantitative estimate of drug-likeness (QED) is 0.309. The van der Waals surface area contributed by atoms with E-state index in [1.165, 1.54) is 30.3 Å². The zero-order valence-electron chi connectivity index (χ0n) is 19.4. The van der Waals surface area contributed by atoms with Crippen molar-refractivity contribution in [2.24, 2.45) is 0 Å². The topological polar surface area (TPSA) is 65.1 Å². The van der Waals surface area contributed by atoms with Crippen molar-refractivity contribution in [1.29, 1.82) is 0 Å². The van der Waals surface area contributed by atoms with E-state index >= 15 is 0 Å². The second kappa shape index (κ2) is 11.7. The molecule has 1 aliphatic heterocycles.